The molecule has 0 aliphatic carbocycles. The van der Waals surface area contributed by atoms with Crippen molar-refractivity contribution in [1.29, 1.82) is 0 Å². The van der Waals surface area contributed by atoms with Crippen molar-refractivity contribution in [2.75, 3.05) is 0 Å². The fourth-order valence-electron chi connectivity index (χ4n) is 0.933. The minimum absolute atomic E-state index is 0.0783. The maximum absolute atomic E-state index is 12.9. The Morgan fingerprint density at radius 3 is 2.41 bits per heavy atom. The second-order valence-corrected chi connectivity index (χ2v) is 3.04. The van der Waals surface area contributed by atoms with Crippen molar-refractivity contribution in [2.45, 2.75) is 0 Å². The quantitative estimate of drug-likeness (QED) is 0.646. The Hall–Kier alpha value is -2.30. The molecular weight excluding hydrogens is 228 g/mol. The SMILES string of the molecule is C=C(F)C(=O)/C(F)=C/C=Nc1ccc(O)cc1. The first kappa shape index (κ1) is 12.8. The highest BCUT2D eigenvalue weighted by Crippen LogP contribution is 2.16. The standard InChI is InChI=1S/C12H9F2NO2/c1-8(13)12(17)11(14)6-7-15-9-2-4-10(16)5-3-9/h2-7,16H,1H2/b11-6-,15-7?. The van der Waals surface area contributed by atoms with E-state index >= 15 is 0 Å². The molecule has 0 spiro atoms. The number of aromatic hydroxyl groups is 1. The molecule has 0 unspecified atom stereocenters. The number of nitrogens with zero attached hydrogens (tertiary/aromatic N) is 1. The summed E-state index contributed by atoms with van der Waals surface area (Å²) >= 11 is 0. The summed E-state index contributed by atoms with van der Waals surface area (Å²) in [5.41, 5.74) is 0.457. The van der Waals surface area contributed by atoms with Crippen molar-refractivity contribution in [3.8, 4) is 5.75 Å². The van der Waals surface area contributed by atoms with E-state index in [4.69, 9.17) is 5.11 Å². The number of hydrogen-bond donors (Lipinski definition) is 1. The molecular formula is C12H9F2NO2. The van der Waals surface area contributed by atoms with Crippen LogP contribution in [0, 0.1) is 0 Å². The third kappa shape index (κ3) is 3.98. The Morgan fingerprint density at radius 2 is 1.88 bits per heavy atom. The first-order valence-electron chi connectivity index (χ1n) is 4.58. The Kier molecular flexibility index (Phi) is 4.28. The summed E-state index contributed by atoms with van der Waals surface area (Å²) in [6.45, 7) is 2.68. The molecule has 3 nitrogen and oxygen atoms in total. The number of phenols is 1. The number of Topliss-reactive ketones (excluding diaryl/α,β-unsaturated/α-hetero) is 1. The van der Waals surface area contributed by atoms with Gasteiger partial charge >= 0.3 is 0 Å². The summed E-state index contributed by atoms with van der Waals surface area (Å²) in [4.78, 5) is 14.5. The van der Waals surface area contributed by atoms with Crippen LogP contribution in [-0.2, 0) is 4.79 Å². The first-order chi connectivity index (χ1) is 8.00. The lowest BCUT2D eigenvalue weighted by molar-refractivity contribution is -0.114. The molecule has 0 atom stereocenters. The van der Waals surface area contributed by atoms with Gasteiger partial charge in [0, 0.05) is 6.21 Å². The van der Waals surface area contributed by atoms with E-state index in [0.29, 0.717) is 5.69 Å². The van der Waals surface area contributed by atoms with E-state index in [-0.39, 0.29) is 5.75 Å². The van der Waals surface area contributed by atoms with E-state index in [2.05, 4.69) is 11.6 Å². The van der Waals surface area contributed by atoms with Gasteiger partial charge in [-0.05, 0) is 30.3 Å². The zero-order chi connectivity index (χ0) is 12.8. The summed E-state index contributed by atoms with van der Waals surface area (Å²) in [5, 5.41) is 8.98. The first-order valence-corrected chi connectivity index (χ1v) is 4.58. The van der Waals surface area contributed by atoms with Crippen LogP contribution in [0.4, 0.5) is 14.5 Å². The van der Waals surface area contributed by atoms with Crippen molar-refractivity contribution in [1.82, 2.24) is 0 Å². The number of aliphatic imine (C=N–C) groups is 1. The van der Waals surface area contributed by atoms with E-state index < -0.39 is 17.4 Å². The highest BCUT2D eigenvalue weighted by atomic mass is 19.1. The van der Waals surface area contributed by atoms with Gasteiger partial charge in [0.05, 0.1) is 5.69 Å². The molecule has 0 bridgehead atoms. The van der Waals surface area contributed by atoms with Crippen molar-refractivity contribution in [3.05, 3.63) is 48.6 Å². The molecule has 5 heteroatoms. The zero-order valence-electron chi connectivity index (χ0n) is 8.73. The Balaban J connectivity index is 2.72. The summed E-state index contributed by atoms with van der Waals surface area (Å²) in [6.07, 6.45) is 1.75. The Morgan fingerprint density at radius 1 is 1.29 bits per heavy atom. The average molecular weight is 237 g/mol. The number of ketones is 1. The summed E-state index contributed by atoms with van der Waals surface area (Å²) in [6, 6.07) is 5.80. The lowest BCUT2D eigenvalue weighted by atomic mass is 10.3. The third-order valence-electron chi connectivity index (χ3n) is 1.76. The van der Waals surface area contributed by atoms with Gasteiger partial charge in [0.2, 0.25) is 5.78 Å². The van der Waals surface area contributed by atoms with Crippen LogP contribution < -0.4 is 0 Å². The number of benzene rings is 1. The van der Waals surface area contributed by atoms with E-state index in [1.54, 1.807) is 0 Å². The summed E-state index contributed by atoms with van der Waals surface area (Å²) < 4.78 is 25.1. The average Bonchev–Trinajstić information content (AvgIpc) is 2.30. The molecule has 1 aromatic carbocycles. The predicted molar refractivity (Wildman–Crippen MR) is 60.7 cm³/mol. The summed E-state index contributed by atoms with van der Waals surface area (Å²) in [5.74, 6) is -3.96. The van der Waals surface area contributed by atoms with Crippen molar-refractivity contribution in [2.24, 2.45) is 4.99 Å². The molecule has 1 aromatic rings. The molecule has 1 N–H and O–H groups in total. The highest BCUT2D eigenvalue weighted by Gasteiger charge is 2.11. The van der Waals surface area contributed by atoms with E-state index in [9.17, 15) is 13.6 Å². The van der Waals surface area contributed by atoms with Crippen LogP contribution in [0.25, 0.3) is 0 Å². The van der Waals surface area contributed by atoms with Crippen molar-refractivity contribution in [3.63, 3.8) is 0 Å². The van der Waals surface area contributed by atoms with Gasteiger partial charge in [-0.2, -0.15) is 0 Å². The van der Waals surface area contributed by atoms with Crippen LogP contribution in [0.3, 0.4) is 0 Å². The monoisotopic (exact) mass is 237 g/mol. The smallest absolute Gasteiger partial charge is 0.249 e. The van der Waals surface area contributed by atoms with Crippen LogP contribution in [0.2, 0.25) is 0 Å². The van der Waals surface area contributed by atoms with E-state index in [0.717, 1.165) is 12.3 Å². The van der Waals surface area contributed by atoms with Crippen molar-refractivity contribution >= 4 is 17.7 Å². The van der Waals surface area contributed by atoms with E-state index in [1.807, 2.05) is 0 Å². The second-order valence-electron chi connectivity index (χ2n) is 3.04. The zero-order valence-corrected chi connectivity index (χ0v) is 8.73. The minimum Gasteiger partial charge on any atom is -0.508 e. The predicted octanol–water partition coefficient (Wildman–Crippen LogP) is 3.00. The van der Waals surface area contributed by atoms with Crippen LogP contribution in [-0.4, -0.2) is 17.1 Å². The van der Waals surface area contributed by atoms with Gasteiger partial charge < -0.3 is 5.11 Å². The largest absolute Gasteiger partial charge is 0.508 e. The number of rotatable bonds is 4. The molecule has 0 aliphatic rings. The molecule has 0 amide bonds. The molecule has 0 radical (unpaired) electrons. The van der Waals surface area contributed by atoms with Crippen LogP contribution in [0.15, 0.2) is 53.6 Å². The highest BCUT2D eigenvalue weighted by molar-refractivity contribution is 6.06. The van der Waals surface area contributed by atoms with Gasteiger partial charge in [0.1, 0.15) is 5.75 Å². The maximum Gasteiger partial charge on any atom is 0.249 e. The van der Waals surface area contributed by atoms with Gasteiger partial charge in [-0.15, -0.1) is 0 Å². The molecule has 0 saturated heterocycles. The van der Waals surface area contributed by atoms with Gasteiger partial charge in [-0.3, -0.25) is 9.79 Å². The number of carbonyl (C=O) groups excluding carboxylic acids is 1. The van der Waals surface area contributed by atoms with E-state index in [1.165, 1.54) is 24.3 Å². The fraction of sp³-hybridized carbons (Fsp3) is 0. The van der Waals surface area contributed by atoms with Gasteiger partial charge in [0.15, 0.2) is 11.7 Å². The third-order valence-corrected chi connectivity index (χ3v) is 1.76. The number of carbonyl (C=O) groups is 1. The lowest BCUT2D eigenvalue weighted by Gasteiger charge is -1.93. The maximum atomic E-state index is 12.9. The van der Waals surface area contributed by atoms with Crippen LogP contribution >= 0.6 is 0 Å². The molecule has 0 aromatic heterocycles. The molecule has 0 saturated carbocycles. The van der Waals surface area contributed by atoms with Crippen LogP contribution in [0.1, 0.15) is 0 Å². The lowest BCUT2D eigenvalue weighted by Crippen LogP contribution is -1.97. The Labute approximate surface area is 96.4 Å². The number of halogens is 2. The molecule has 88 valence electrons. The van der Waals surface area contributed by atoms with Crippen LogP contribution in [0.5, 0.6) is 5.75 Å². The molecule has 0 heterocycles. The molecule has 0 fully saturated rings. The van der Waals surface area contributed by atoms with Gasteiger partial charge in [0.25, 0.3) is 0 Å². The normalized spacial score (nSPS) is 11.8. The van der Waals surface area contributed by atoms with Crippen molar-refractivity contribution < 1.29 is 18.7 Å². The Bertz CT molecular complexity index is 490. The molecule has 17 heavy (non-hydrogen) atoms. The number of phenolic OH excluding ortho intramolecular Hbond substituents is 1. The van der Waals surface area contributed by atoms with Gasteiger partial charge in [-0.1, -0.05) is 6.58 Å². The second kappa shape index (κ2) is 5.69. The molecule has 0 aliphatic heterocycles. The topological polar surface area (TPSA) is 49.7 Å². The molecule has 1 rings (SSSR count). The summed E-state index contributed by atoms with van der Waals surface area (Å²) in [7, 11) is 0. The van der Waals surface area contributed by atoms with Gasteiger partial charge in [-0.25, -0.2) is 8.78 Å². The minimum atomic E-state index is -1.40. The number of allylic oxidation sites excluding steroid dienone is 3. The number of hydrogen-bond acceptors (Lipinski definition) is 3. The fourth-order valence-corrected chi connectivity index (χ4v) is 0.933.